The van der Waals surface area contributed by atoms with E-state index in [-0.39, 0.29) is 17.4 Å². The highest BCUT2D eigenvalue weighted by Gasteiger charge is 2.09. The molecule has 0 atom stereocenters. The van der Waals surface area contributed by atoms with Crippen molar-refractivity contribution in [1.29, 1.82) is 0 Å². The summed E-state index contributed by atoms with van der Waals surface area (Å²) < 4.78 is 6.53. The molecular weight excluding hydrogens is 374 g/mol. The van der Waals surface area contributed by atoms with E-state index in [1.54, 1.807) is 30.5 Å². The minimum absolute atomic E-state index is 0.127. The molecule has 0 aliphatic heterocycles. The summed E-state index contributed by atoms with van der Waals surface area (Å²) in [5, 5.41) is 4.99. The summed E-state index contributed by atoms with van der Waals surface area (Å²) in [6, 6.07) is 6.66. The standard InChI is InChI=1S/C16H15N5O3S2/c1-24-14(23)10-3-2-4-11(7-10)17-15(25)20-19-13(22)8-12-9-21-5-6-26-16(21)18-12/h2-7,9H,8H2,1H3,(H,19,22)(H2,17,20,25). The number of aromatic nitrogens is 2. The van der Waals surface area contributed by atoms with Crippen LogP contribution in [0.25, 0.3) is 4.96 Å². The normalized spacial score (nSPS) is 10.3. The first-order chi connectivity index (χ1) is 12.5. The monoisotopic (exact) mass is 389 g/mol. The van der Waals surface area contributed by atoms with E-state index in [1.807, 2.05) is 16.0 Å². The fraction of sp³-hybridized carbons (Fsp3) is 0.125. The second-order valence-corrected chi connectivity index (χ2v) is 6.48. The number of ether oxygens (including phenoxy) is 1. The molecule has 1 amide bonds. The number of hydrogen-bond donors (Lipinski definition) is 3. The Hall–Kier alpha value is -2.98. The molecule has 0 spiro atoms. The maximum absolute atomic E-state index is 12.0. The van der Waals surface area contributed by atoms with Crippen molar-refractivity contribution in [2.45, 2.75) is 6.42 Å². The number of imidazole rings is 1. The van der Waals surface area contributed by atoms with Crippen LogP contribution < -0.4 is 16.2 Å². The molecule has 0 saturated heterocycles. The molecule has 0 saturated carbocycles. The van der Waals surface area contributed by atoms with Crippen LogP contribution in [0, 0.1) is 0 Å². The fourth-order valence-corrected chi connectivity index (χ4v) is 3.09. The van der Waals surface area contributed by atoms with Crippen molar-refractivity contribution in [3.63, 3.8) is 0 Å². The zero-order valence-electron chi connectivity index (χ0n) is 13.7. The summed E-state index contributed by atoms with van der Waals surface area (Å²) in [7, 11) is 1.31. The van der Waals surface area contributed by atoms with E-state index in [0.29, 0.717) is 16.9 Å². The number of amides is 1. The zero-order chi connectivity index (χ0) is 18.5. The third-order valence-corrected chi connectivity index (χ3v) is 4.32. The predicted octanol–water partition coefficient (Wildman–Crippen LogP) is 1.74. The third-order valence-electron chi connectivity index (χ3n) is 3.34. The molecule has 26 heavy (non-hydrogen) atoms. The van der Waals surface area contributed by atoms with Gasteiger partial charge in [-0.15, -0.1) is 11.3 Å². The lowest BCUT2D eigenvalue weighted by Gasteiger charge is -2.11. The van der Waals surface area contributed by atoms with Gasteiger partial charge in [0.15, 0.2) is 10.1 Å². The van der Waals surface area contributed by atoms with Crippen molar-refractivity contribution in [2.75, 3.05) is 12.4 Å². The van der Waals surface area contributed by atoms with Crippen molar-refractivity contribution in [3.05, 3.63) is 53.3 Å². The molecule has 8 nitrogen and oxygen atoms in total. The topological polar surface area (TPSA) is 96.8 Å². The number of hydrazine groups is 1. The van der Waals surface area contributed by atoms with Crippen LogP contribution in [0.4, 0.5) is 5.69 Å². The van der Waals surface area contributed by atoms with Gasteiger partial charge in [-0.25, -0.2) is 9.78 Å². The Bertz CT molecular complexity index is 937. The molecule has 1 aromatic carbocycles. The molecule has 0 bridgehead atoms. The van der Waals surface area contributed by atoms with Gasteiger partial charge in [0.25, 0.3) is 0 Å². The molecule has 10 heteroatoms. The number of carbonyl (C=O) groups is 2. The molecular formula is C16H15N5O3S2. The van der Waals surface area contributed by atoms with E-state index in [1.165, 1.54) is 18.4 Å². The van der Waals surface area contributed by atoms with Gasteiger partial charge in [0.2, 0.25) is 5.91 Å². The summed E-state index contributed by atoms with van der Waals surface area (Å²) in [4.78, 5) is 28.7. The molecule has 0 aliphatic carbocycles. The van der Waals surface area contributed by atoms with Crippen LogP contribution in [0.2, 0.25) is 0 Å². The van der Waals surface area contributed by atoms with Crippen LogP contribution in [-0.2, 0) is 16.0 Å². The number of methoxy groups -OCH3 is 1. The van der Waals surface area contributed by atoms with Crippen LogP contribution in [0.3, 0.4) is 0 Å². The van der Waals surface area contributed by atoms with Crippen LogP contribution in [0.1, 0.15) is 16.1 Å². The summed E-state index contributed by atoms with van der Waals surface area (Å²) in [6.45, 7) is 0. The van der Waals surface area contributed by atoms with E-state index in [0.717, 1.165) is 4.96 Å². The number of thiocarbonyl (C=S) groups is 1. The van der Waals surface area contributed by atoms with Crippen molar-refractivity contribution in [2.24, 2.45) is 0 Å². The van der Waals surface area contributed by atoms with Crippen LogP contribution in [0.5, 0.6) is 0 Å². The van der Waals surface area contributed by atoms with Crippen molar-refractivity contribution < 1.29 is 14.3 Å². The number of nitrogens with one attached hydrogen (secondary N) is 3. The number of carbonyl (C=O) groups excluding carboxylic acids is 2. The van der Waals surface area contributed by atoms with Gasteiger partial charge in [0.1, 0.15) is 0 Å². The van der Waals surface area contributed by atoms with Crippen molar-refractivity contribution >= 4 is 51.2 Å². The first kappa shape index (κ1) is 17.8. The Morgan fingerprint density at radius 1 is 1.35 bits per heavy atom. The van der Waals surface area contributed by atoms with E-state index in [4.69, 9.17) is 12.2 Å². The van der Waals surface area contributed by atoms with Crippen LogP contribution in [0.15, 0.2) is 42.0 Å². The fourth-order valence-electron chi connectivity index (χ4n) is 2.20. The number of hydrogen-bond acceptors (Lipinski definition) is 6. The van der Waals surface area contributed by atoms with Gasteiger partial charge in [0.05, 0.1) is 24.8 Å². The van der Waals surface area contributed by atoms with E-state index < -0.39 is 5.97 Å². The SMILES string of the molecule is COC(=O)c1cccc(NC(=S)NNC(=O)Cc2cn3ccsc3n2)c1. The van der Waals surface area contributed by atoms with Gasteiger partial charge in [-0.1, -0.05) is 6.07 Å². The van der Waals surface area contributed by atoms with Crippen LogP contribution in [-0.4, -0.2) is 33.5 Å². The lowest BCUT2D eigenvalue weighted by molar-refractivity contribution is -0.121. The van der Waals surface area contributed by atoms with Crippen LogP contribution >= 0.6 is 23.6 Å². The number of thiazole rings is 1. The predicted molar refractivity (Wildman–Crippen MR) is 102 cm³/mol. The second-order valence-electron chi connectivity index (χ2n) is 5.20. The molecule has 0 unspecified atom stereocenters. The molecule has 2 aromatic heterocycles. The van der Waals surface area contributed by atoms with Crippen molar-refractivity contribution in [1.82, 2.24) is 20.2 Å². The lowest BCUT2D eigenvalue weighted by atomic mass is 10.2. The highest BCUT2D eigenvalue weighted by Crippen LogP contribution is 2.12. The Labute approximate surface area is 158 Å². The zero-order valence-corrected chi connectivity index (χ0v) is 15.3. The van der Waals surface area contributed by atoms with E-state index >= 15 is 0 Å². The van der Waals surface area contributed by atoms with Gasteiger partial charge in [-0.05, 0) is 30.4 Å². The Morgan fingerprint density at radius 3 is 2.96 bits per heavy atom. The first-order valence-corrected chi connectivity index (χ1v) is 8.79. The molecule has 0 fully saturated rings. The van der Waals surface area contributed by atoms with Gasteiger partial charge in [-0.3, -0.25) is 20.0 Å². The molecule has 0 aliphatic rings. The average molecular weight is 389 g/mol. The number of fused-ring (bicyclic) bond motifs is 1. The smallest absolute Gasteiger partial charge is 0.337 e. The molecule has 134 valence electrons. The van der Waals surface area contributed by atoms with Gasteiger partial charge in [0, 0.05) is 23.5 Å². The highest BCUT2D eigenvalue weighted by atomic mass is 32.1. The maximum Gasteiger partial charge on any atom is 0.337 e. The number of anilines is 1. The average Bonchev–Trinajstić information content (AvgIpc) is 3.21. The quantitative estimate of drug-likeness (QED) is 0.355. The van der Waals surface area contributed by atoms with Gasteiger partial charge >= 0.3 is 5.97 Å². The Balaban J connectivity index is 1.49. The summed E-state index contributed by atoms with van der Waals surface area (Å²) >= 11 is 6.62. The Morgan fingerprint density at radius 2 is 2.19 bits per heavy atom. The second kappa shape index (κ2) is 7.93. The summed E-state index contributed by atoms with van der Waals surface area (Å²) in [6.07, 6.45) is 3.82. The molecule has 3 N–H and O–H groups in total. The molecule has 3 rings (SSSR count). The number of rotatable bonds is 4. The lowest BCUT2D eigenvalue weighted by Crippen LogP contribution is -2.44. The maximum atomic E-state index is 12.0. The minimum atomic E-state index is -0.444. The minimum Gasteiger partial charge on any atom is -0.465 e. The van der Waals surface area contributed by atoms with Crippen molar-refractivity contribution in [3.8, 4) is 0 Å². The summed E-state index contributed by atoms with van der Waals surface area (Å²) in [5.74, 6) is -0.719. The van der Waals surface area contributed by atoms with E-state index in [9.17, 15) is 9.59 Å². The van der Waals surface area contributed by atoms with E-state index in [2.05, 4.69) is 25.9 Å². The largest absolute Gasteiger partial charge is 0.465 e. The highest BCUT2D eigenvalue weighted by molar-refractivity contribution is 7.80. The number of esters is 1. The molecule has 2 heterocycles. The molecule has 0 radical (unpaired) electrons. The Kier molecular flexibility index (Phi) is 5.44. The third kappa shape index (κ3) is 4.35. The van der Waals surface area contributed by atoms with Gasteiger partial charge < -0.3 is 10.1 Å². The molecule has 3 aromatic rings. The number of benzene rings is 1. The number of nitrogens with zero attached hydrogens (tertiary/aromatic N) is 2. The van der Waals surface area contributed by atoms with Gasteiger partial charge in [-0.2, -0.15) is 0 Å². The summed E-state index contributed by atoms with van der Waals surface area (Å²) in [5.41, 5.74) is 6.77. The first-order valence-electron chi connectivity index (χ1n) is 7.50.